The molecule has 0 bridgehead atoms. The molecule has 0 spiro atoms. The lowest BCUT2D eigenvalue weighted by Gasteiger charge is -2.19. The van der Waals surface area contributed by atoms with Crippen LogP contribution in [0.5, 0.6) is 5.75 Å². The molecule has 0 aliphatic carbocycles. The zero-order chi connectivity index (χ0) is 15.4. The van der Waals surface area contributed by atoms with E-state index in [1.165, 1.54) is 6.42 Å². The van der Waals surface area contributed by atoms with E-state index in [0.29, 0.717) is 12.1 Å². The van der Waals surface area contributed by atoms with Crippen LogP contribution in [-0.4, -0.2) is 30.8 Å². The fourth-order valence-electron chi connectivity index (χ4n) is 2.67. The van der Waals surface area contributed by atoms with Gasteiger partial charge in [0.15, 0.2) is 0 Å². The number of methoxy groups -OCH3 is 1. The van der Waals surface area contributed by atoms with Crippen molar-refractivity contribution in [3.63, 3.8) is 0 Å². The molecular weight excluding hydrogens is 296 g/mol. The minimum absolute atomic E-state index is 0.344. The normalized spacial score (nSPS) is 19.3. The molecule has 4 nitrogen and oxygen atoms in total. The molecule has 2 heterocycles. The summed E-state index contributed by atoms with van der Waals surface area (Å²) in [6, 6.07) is 8.39. The number of nitrogens with zero attached hydrogens (tertiary/aromatic N) is 1. The molecule has 2 unspecified atom stereocenters. The number of rotatable bonds is 6. The Morgan fingerprint density at radius 2 is 2.41 bits per heavy atom. The summed E-state index contributed by atoms with van der Waals surface area (Å²) < 4.78 is 11.0. The van der Waals surface area contributed by atoms with E-state index in [9.17, 15) is 0 Å². The van der Waals surface area contributed by atoms with E-state index in [-0.39, 0.29) is 0 Å². The number of nitrogens with one attached hydrogen (secondary N) is 1. The molecule has 3 rings (SSSR count). The smallest absolute Gasteiger partial charge is 0.123 e. The van der Waals surface area contributed by atoms with Gasteiger partial charge in [-0.25, -0.2) is 4.98 Å². The van der Waals surface area contributed by atoms with Gasteiger partial charge in [0.1, 0.15) is 10.8 Å². The maximum atomic E-state index is 5.71. The van der Waals surface area contributed by atoms with Gasteiger partial charge in [-0.15, -0.1) is 11.3 Å². The number of aromatic nitrogens is 1. The summed E-state index contributed by atoms with van der Waals surface area (Å²) in [4.78, 5) is 4.71. The van der Waals surface area contributed by atoms with E-state index in [1.807, 2.05) is 18.2 Å². The number of ether oxygens (including phenoxy) is 2. The fraction of sp³-hybridized carbons (Fsp3) is 0.471. The molecule has 1 aromatic carbocycles. The molecule has 118 valence electrons. The van der Waals surface area contributed by atoms with E-state index in [4.69, 9.17) is 14.5 Å². The van der Waals surface area contributed by atoms with Gasteiger partial charge < -0.3 is 14.8 Å². The van der Waals surface area contributed by atoms with Crippen LogP contribution in [0.3, 0.4) is 0 Å². The molecule has 0 radical (unpaired) electrons. The molecule has 5 heteroatoms. The minimum atomic E-state index is 0.344. The fourth-order valence-corrected chi connectivity index (χ4v) is 3.49. The predicted molar refractivity (Wildman–Crippen MR) is 89.4 cm³/mol. The first-order valence-electron chi connectivity index (χ1n) is 7.70. The monoisotopic (exact) mass is 318 g/mol. The Morgan fingerprint density at radius 1 is 1.50 bits per heavy atom. The van der Waals surface area contributed by atoms with Crippen molar-refractivity contribution in [2.24, 2.45) is 0 Å². The lowest BCUT2D eigenvalue weighted by molar-refractivity contribution is 0.0831. The van der Waals surface area contributed by atoms with E-state index in [1.54, 1.807) is 18.4 Å². The summed E-state index contributed by atoms with van der Waals surface area (Å²) in [6.07, 6.45) is 2.67. The number of hydrogen-bond donors (Lipinski definition) is 1. The van der Waals surface area contributed by atoms with Gasteiger partial charge in [0, 0.05) is 30.1 Å². The van der Waals surface area contributed by atoms with Gasteiger partial charge in [-0.2, -0.15) is 0 Å². The third kappa shape index (κ3) is 3.66. The molecular formula is C17H22N2O2S. The highest BCUT2D eigenvalue weighted by Gasteiger charge is 2.21. The van der Waals surface area contributed by atoms with Gasteiger partial charge in [-0.05, 0) is 31.9 Å². The summed E-state index contributed by atoms with van der Waals surface area (Å²) in [7, 11) is 1.68. The second kappa shape index (κ2) is 7.22. The van der Waals surface area contributed by atoms with Crippen molar-refractivity contribution in [3.8, 4) is 16.3 Å². The Labute approximate surface area is 135 Å². The zero-order valence-electron chi connectivity index (χ0n) is 13.0. The Kier molecular flexibility index (Phi) is 5.08. The van der Waals surface area contributed by atoms with Crippen molar-refractivity contribution >= 4 is 11.3 Å². The quantitative estimate of drug-likeness (QED) is 0.885. The molecule has 1 fully saturated rings. The van der Waals surface area contributed by atoms with Crippen molar-refractivity contribution < 1.29 is 9.47 Å². The summed E-state index contributed by atoms with van der Waals surface area (Å²) in [5.74, 6) is 0.861. The van der Waals surface area contributed by atoms with Gasteiger partial charge in [0.2, 0.25) is 0 Å². The van der Waals surface area contributed by atoms with Crippen molar-refractivity contribution in [3.05, 3.63) is 35.3 Å². The molecule has 2 aromatic rings. The summed E-state index contributed by atoms with van der Waals surface area (Å²) >= 11 is 1.67. The highest BCUT2D eigenvalue weighted by Crippen LogP contribution is 2.27. The van der Waals surface area contributed by atoms with Gasteiger partial charge in [0.05, 0.1) is 18.9 Å². The van der Waals surface area contributed by atoms with Crippen LogP contribution in [0.2, 0.25) is 0 Å². The van der Waals surface area contributed by atoms with Crippen LogP contribution in [0.1, 0.15) is 25.5 Å². The number of hydrogen-bond acceptors (Lipinski definition) is 5. The molecule has 1 aliphatic rings. The van der Waals surface area contributed by atoms with Crippen molar-refractivity contribution in [2.45, 2.75) is 38.5 Å². The maximum absolute atomic E-state index is 5.71. The first-order valence-corrected chi connectivity index (χ1v) is 8.58. The molecule has 1 aromatic heterocycles. The first-order chi connectivity index (χ1) is 10.8. The zero-order valence-corrected chi connectivity index (χ0v) is 13.9. The van der Waals surface area contributed by atoms with E-state index in [0.717, 1.165) is 41.6 Å². The third-order valence-corrected chi connectivity index (χ3v) is 4.94. The molecule has 1 saturated heterocycles. The standard InChI is InChI=1S/C17H22N2O2S/c1-12(16-7-4-8-21-16)18-10-14-11-22-17(19-14)13-5-3-6-15(9-13)20-2/h3,5-6,9,11-12,16,18H,4,7-8,10H2,1-2H3. The average Bonchev–Trinajstić information content (AvgIpc) is 3.24. The topological polar surface area (TPSA) is 43.4 Å². The second-order valence-corrected chi connectivity index (χ2v) is 6.46. The van der Waals surface area contributed by atoms with Crippen LogP contribution >= 0.6 is 11.3 Å². The van der Waals surface area contributed by atoms with Crippen LogP contribution in [0, 0.1) is 0 Å². The van der Waals surface area contributed by atoms with Crippen molar-refractivity contribution in [2.75, 3.05) is 13.7 Å². The lowest BCUT2D eigenvalue weighted by atomic mass is 10.1. The highest BCUT2D eigenvalue weighted by atomic mass is 32.1. The Balaban J connectivity index is 1.60. The van der Waals surface area contributed by atoms with Gasteiger partial charge >= 0.3 is 0 Å². The third-order valence-electron chi connectivity index (χ3n) is 4.00. The first kappa shape index (κ1) is 15.5. The largest absolute Gasteiger partial charge is 0.497 e. The van der Waals surface area contributed by atoms with Gasteiger partial charge in [0.25, 0.3) is 0 Å². The van der Waals surface area contributed by atoms with Crippen molar-refractivity contribution in [1.82, 2.24) is 10.3 Å². The van der Waals surface area contributed by atoms with Crippen LogP contribution < -0.4 is 10.1 Å². The van der Waals surface area contributed by atoms with E-state index < -0.39 is 0 Å². The molecule has 2 atom stereocenters. The Morgan fingerprint density at radius 3 is 3.18 bits per heavy atom. The average molecular weight is 318 g/mol. The molecule has 1 aliphatic heterocycles. The van der Waals surface area contributed by atoms with Gasteiger partial charge in [-0.1, -0.05) is 12.1 Å². The lowest BCUT2D eigenvalue weighted by Crippen LogP contribution is -2.36. The summed E-state index contributed by atoms with van der Waals surface area (Å²) in [6.45, 7) is 3.86. The Hall–Kier alpha value is -1.43. The summed E-state index contributed by atoms with van der Waals surface area (Å²) in [5.41, 5.74) is 2.18. The molecule has 0 amide bonds. The maximum Gasteiger partial charge on any atom is 0.123 e. The van der Waals surface area contributed by atoms with E-state index in [2.05, 4.69) is 23.7 Å². The molecule has 1 N–H and O–H groups in total. The van der Waals surface area contributed by atoms with Gasteiger partial charge in [-0.3, -0.25) is 0 Å². The number of thiazole rings is 1. The SMILES string of the molecule is COc1cccc(-c2nc(CNC(C)C3CCCO3)cs2)c1. The predicted octanol–water partition coefficient (Wildman–Crippen LogP) is 3.48. The second-order valence-electron chi connectivity index (χ2n) is 5.60. The van der Waals surface area contributed by atoms with Crippen LogP contribution in [0.4, 0.5) is 0 Å². The molecule has 0 saturated carbocycles. The highest BCUT2D eigenvalue weighted by molar-refractivity contribution is 7.13. The van der Waals surface area contributed by atoms with Crippen LogP contribution in [0.15, 0.2) is 29.6 Å². The van der Waals surface area contributed by atoms with Crippen LogP contribution in [-0.2, 0) is 11.3 Å². The minimum Gasteiger partial charge on any atom is -0.497 e. The Bertz CT molecular complexity index is 608. The van der Waals surface area contributed by atoms with Crippen molar-refractivity contribution in [1.29, 1.82) is 0 Å². The number of benzene rings is 1. The summed E-state index contributed by atoms with van der Waals surface area (Å²) in [5, 5.41) is 6.67. The van der Waals surface area contributed by atoms with Crippen LogP contribution in [0.25, 0.3) is 10.6 Å². The van der Waals surface area contributed by atoms with E-state index >= 15 is 0 Å². The molecule has 22 heavy (non-hydrogen) atoms.